The molecule has 0 radical (unpaired) electrons. The summed E-state index contributed by atoms with van der Waals surface area (Å²) in [6.07, 6.45) is 2.08. The smallest absolute Gasteiger partial charge is 0.254 e. The highest BCUT2D eigenvalue weighted by molar-refractivity contribution is 7.08. The Hall–Kier alpha value is -1.81. The quantitative estimate of drug-likeness (QED) is 0.835. The predicted molar refractivity (Wildman–Crippen MR) is 89.6 cm³/mol. The molecule has 1 aromatic heterocycles. The largest absolute Gasteiger partial charge is 0.494 e. The molecule has 116 valence electrons. The lowest BCUT2D eigenvalue weighted by molar-refractivity contribution is 0.0786. The third-order valence-corrected chi connectivity index (χ3v) is 4.84. The molecule has 3 nitrogen and oxygen atoms in total. The SMILES string of the molecule is Cc1ccc(OCCC2CCN(C(=O)c3ccsc3)C2)cc1. The van der Waals surface area contributed by atoms with Crippen LogP contribution in [-0.4, -0.2) is 30.5 Å². The zero-order valence-electron chi connectivity index (χ0n) is 12.8. The van der Waals surface area contributed by atoms with Crippen molar-refractivity contribution in [3.63, 3.8) is 0 Å². The van der Waals surface area contributed by atoms with Gasteiger partial charge < -0.3 is 9.64 Å². The summed E-state index contributed by atoms with van der Waals surface area (Å²) >= 11 is 1.57. The minimum Gasteiger partial charge on any atom is -0.494 e. The van der Waals surface area contributed by atoms with Crippen LogP contribution < -0.4 is 4.74 Å². The number of amides is 1. The third-order valence-electron chi connectivity index (χ3n) is 4.16. The lowest BCUT2D eigenvalue weighted by Gasteiger charge is -2.16. The molecular weight excluding hydrogens is 294 g/mol. The van der Waals surface area contributed by atoms with Crippen LogP contribution in [-0.2, 0) is 0 Å². The molecule has 4 heteroatoms. The fraction of sp³-hybridized carbons (Fsp3) is 0.389. The number of benzene rings is 1. The van der Waals surface area contributed by atoms with Gasteiger partial charge in [0.15, 0.2) is 0 Å². The molecule has 1 atom stereocenters. The van der Waals surface area contributed by atoms with Crippen molar-refractivity contribution < 1.29 is 9.53 Å². The Labute approximate surface area is 135 Å². The molecule has 22 heavy (non-hydrogen) atoms. The van der Waals surface area contributed by atoms with Crippen molar-refractivity contribution in [3.8, 4) is 5.75 Å². The Morgan fingerprint density at radius 2 is 2.14 bits per heavy atom. The number of rotatable bonds is 5. The Balaban J connectivity index is 1.43. The zero-order valence-corrected chi connectivity index (χ0v) is 13.6. The average molecular weight is 315 g/mol. The molecule has 1 saturated heterocycles. The number of hydrogen-bond donors (Lipinski definition) is 0. The van der Waals surface area contributed by atoms with E-state index in [1.165, 1.54) is 5.56 Å². The number of hydrogen-bond acceptors (Lipinski definition) is 3. The number of ether oxygens (including phenoxy) is 1. The highest BCUT2D eigenvalue weighted by Crippen LogP contribution is 2.23. The predicted octanol–water partition coefficient (Wildman–Crippen LogP) is 3.99. The zero-order chi connectivity index (χ0) is 15.4. The van der Waals surface area contributed by atoms with Crippen LogP contribution in [0, 0.1) is 12.8 Å². The van der Waals surface area contributed by atoms with Gasteiger partial charge in [0.25, 0.3) is 5.91 Å². The van der Waals surface area contributed by atoms with E-state index in [-0.39, 0.29) is 5.91 Å². The highest BCUT2D eigenvalue weighted by atomic mass is 32.1. The molecule has 2 aromatic rings. The number of carbonyl (C=O) groups is 1. The second kappa shape index (κ2) is 6.97. The van der Waals surface area contributed by atoms with Gasteiger partial charge >= 0.3 is 0 Å². The van der Waals surface area contributed by atoms with Gasteiger partial charge in [0.1, 0.15) is 5.75 Å². The lowest BCUT2D eigenvalue weighted by atomic mass is 10.1. The first-order chi connectivity index (χ1) is 10.7. The van der Waals surface area contributed by atoms with Crippen LogP contribution in [0.2, 0.25) is 0 Å². The van der Waals surface area contributed by atoms with Crippen molar-refractivity contribution in [2.24, 2.45) is 5.92 Å². The van der Waals surface area contributed by atoms with E-state index in [0.717, 1.165) is 37.2 Å². The molecule has 1 aliphatic rings. The maximum absolute atomic E-state index is 12.3. The summed E-state index contributed by atoms with van der Waals surface area (Å²) in [5, 5.41) is 3.88. The number of likely N-dealkylation sites (tertiary alicyclic amines) is 1. The first-order valence-electron chi connectivity index (χ1n) is 7.73. The van der Waals surface area contributed by atoms with Gasteiger partial charge in [-0.25, -0.2) is 0 Å². The van der Waals surface area contributed by atoms with E-state index in [1.54, 1.807) is 11.3 Å². The molecule has 0 N–H and O–H groups in total. The van der Waals surface area contributed by atoms with Gasteiger partial charge in [-0.3, -0.25) is 4.79 Å². The highest BCUT2D eigenvalue weighted by Gasteiger charge is 2.26. The fourth-order valence-electron chi connectivity index (χ4n) is 2.80. The van der Waals surface area contributed by atoms with E-state index in [1.807, 2.05) is 33.9 Å². The second-order valence-corrected chi connectivity index (χ2v) is 6.65. The average Bonchev–Trinajstić information content (AvgIpc) is 3.20. The molecule has 0 aliphatic carbocycles. The van der Waals surface area contributed by atoms with Gasteiger partial charge in [-0.05, 0) is 49.3 Å². The molecule has 1 aromatic carbocycles. The normalized spacial score (nSPS) is 17.7. The van der Waals surface area contributed by atoms with Crippen molar-refractivity contribution in [1.29, 1.82) is 0 Å². The molecule has 3 rings (SSSR count). The standard InChI is InChI=1S/C18H21NO2S/c1-14-2-4-17(5-3-14)21-10-7-15-6-9-19(12-15)18(20)16-8-11-22-13-16/h2-5,8,11,13,15H,6-7,9-10,12H2,1H3. The molecule has 2 heterocycles. The van der Waals surface area contributed by atoms with E-state index >= 15 is 0 Å². The minimum atomic E-state index is 0.170. The van der Waals surface area contributed by atoms with Crippen LogP contribution in [0.4, 0.5) is 0 Å². The summed E-state index contributed by atoms with van der Waals surface area (Å²) in [6, 6.07) is 10.0. The second-order valence-electron chi connectivity index (χ2n) is 5.87. The summed E-state index contributed by atoms with van der Waals surface area (Å²) < 4.78 is 5.79. The van der Waals surface area contributed by atoms with Crippen molar-refractivity contribution in [1.82, 2.24) is 4.90 Å². The molecule has 1 fully saturated rings. The third kappa shape index (κ3) is 3.69. The van der Waals surface area contributed by atoms with Crippen molar-refractivity contribution in [2.75, 3.05) is 19.7 Å². The van der Waals surface area contributed by atoms with E-state index in [4.69, 9.17) is 4.74 Å². The summed E-state index contributed by atoms with van der Waals surface area (Å²) in [7, 11) is 0. The maximum Gasteiger partial charge on any atom is 0.254 e. The Morgan fingerprint density at radius 1 is 1.32 bits per heavy atom. The van der Waals surface area contributed by atoms with Crippen LogP contribution >= 0.6 is 11.3 Å². The lowest BCUT2D eigenvalue weighted by Crippen LogP contribution is -2.28. The van der Waals surface area contributed by atoms with E-state index in [2.05, 4.69) is 19.1 Å². The Bertz CT molecular complexity index is 607. The van der Waals surface area contributed by atoms with Gasteiger partial charge in [-0.2, -0.15) is 11.3 Å². The van der Waals surface area contributed by atoms with Crippen LogP contribution in [0.25, 0.3) is 0 Å². The maximum atomic E-state index is 12.3. The molecular formula is C18H21NO2S. The van der Waals surface area contributed by atoms with E-state index in [0.29, 0.717) is 12.5 Å². The molecule has 1 amide bonds. The summed E-state index contributed by atoms with van der Waals surface area (Å²) in [4.78, 5) is 14.3. The number of aryl methyl sites for hydroxylation is 1. The van der Waals surface area contributed by atoms with Crippen molar-refractivity contribution in [2.45, 2.75) is 19.8 Å². The monoisotopic (exact) mass is 315 g/mol. The first kappa shape index (κ1) is 15.1. The number of nitrogens with zero attached hydrogens (tertiary/aromatic N) is 1. The van der Waals surface area contributed by atoms with Crippen molar-refractivity contribution in [3.05, 3.63) is 52.2 Å². The summed E-state index contributed by atoms with van der Waals surface area (Å²) in [5.74, 6) is 1.64. The number of carbonyl (C=O) groups excluding carboxylic acids is 1. The summed E-state index contributed by atoms with van der Waals surface area (Å²) in [6.45, 7) is 4.51. The topological polar surface area (TPSA) is 29.5 Å². The molecule has 0 spiro atoms. The van der Waals surface area contributed by atoms with Crippen LogP contribution in [0.1, 0.15) is 28.8 Å². The first-order valence-corrected chi connectivity index (χ1v) is 8.67. The van der Waals surface area contributed by atoms with Crippen LogP contribution in [0.3, 0.4) is 0 Å². The van der Waals surface area contributed by atoms with E-state index < -0.39 is 0 Å². The Kier molecular flexibility index (Phi) is 4.78. The van der Waals surface area contributed by atoms with Gasteiger partial charge in [-0.1, -0.05) is 17.7 Å². The van der Waals surface area contributed by atoms with Crippen LogP contribution in [0.15, 0.2) is 41.1 Å². The van der Waals surface area contributed by atoms with Crippen LogP contribution in [0.5, 0.6) is 5.75 Å². The molecule has 0 saturated carbocycles. The van der Waals surface area contributed by atoms with Gasteiger partial charge in [0.05, 0.1) is 12.2 Å². The Morgan fingerprint density at radius 3 is 2.86 bits per heavy atom. The summed E-state index contributed by atoms with van der Waals surface area (Å²) in [5.41, 5.74) is 2.06. The minimum absolute atomic E-state index is 0.170. The molecule has 1 unspecified atom stereocenters. The van der Waals surface area contributed by atoms with E-state index in [9.17, 15) is 4.79 Å². The van der Waals surface area contributed by atoms with Crippen molar-refractivity contribution >= 4 is 17.2 Å². The number of thiophene rings is 1. The molecule has 0 bridgehead atoms. The fourth-order valence-corrected chi connectivity index (χ4v) is 3.43. The van der Waals surface area contributed by atoms with Gasteiger partial charge in [-0.15, -0.1) is 0 Å². The van der Waals surface area contributed by atoms with Gasteiger partial charge in [0.2, 0.25) is 0 Å². The molecule has 1 aliphatic heterocycles. The van der Waals surface area contributed by atoms with Gasteiger partial charge in [0, 0.05) is 18.5 Å².